The van der Waals surface area contributed by atoms with Gasteiger partial charge in [0.05, 0.1) is 0 Å². The molecule has 3 N–H and O–H groups in total. The van der Waals surface area contributed by atoms with E-state index in [1.165, 1.54) is 6.92 Å². The molecule has 0 saturated heterocycles. The van der Waals surface area contributed by atoms with Crippen LogP contribution in [0.4, 0.5) is 13.2 Å². The van der Waals surface area contributed by atoms with Gasteiger partial charge in [-0.25, -0.2) is 13.2 Å². The summed E-state index contributed by atoms with van der Waals surface area (Å²) in [6, 6.07) is 0.420. The van der Waals surface area contributed by atoms with Crippen molar-refractivity contribution >= 4 is 0 Å². The number of benzene rings is 1. The monoisotopic (exact) mass is 219 g/mol. The van der Waals surface area contributed by atoms with Crippen molar-refractivity contribution in [1.82, 2.24) is 0 Å². The zero-order valence-electron chi connectivity index (χ0n) is 8.23. The van der Waals surface area contributed by atoms with Gasteiger partial charge in [0.1, 0.15) is 0 Å². The Hall–Kier alpha value is -1.23. The summed E-state index contributed by atoms with van der Waals surface area (Å²) >= 11 is 0. The van der Waals surface area contributed by atoms with Crippen molar-refractivity contribution in [1.29, 1.82) is 0 Å². The van der Waals surface area contributed by atoms with Crippen molar-refractivity contribution in [2.75, 3.05) is 6.54 Å². The normalized spacial score (nSPS) is 12.9. The van der Waals surface area contributed by atoms with E-state index in [4.69, 9.17) is 10.8 Å². The summed E-state index contributed by atoms with van der Waals surface area (Å²) in [5, 5.41) is 9.01. The highest BCUT2D eigenvalue weighted by Crippen LogP contribution is 2.31. The number of aromatic hydroxyl groups is 1. The van der Waals surface area contributed by atoms with Gasteiger partial charge in [0.2, 0.25) is 0 Å². The van der Waals surface area contributed by atoms with E-state index >= 15 is 0 Å². The molecular weight excluding hydrogens is 207 g/mol. The fraction of sp³-hybridized carbons (Fsp3) is 0.400. The Bertz CT molecular complexity index is 342. The zero-order chi connectivity index (χ0) is 11.6. The molecule has 0 radical (unpaired) electrons. The number of nitrogens with two attached hydrogens (primary N) is 1. The highest BCUT2D eigenvalue weighted by molar-refractivity contribution is 5.34. The molecule has 15 heavy (non-hydrogen) atoms. The molecule has 0 aliphatic heterocycles. The first-order valence-corrected chi connectivity index (χ1v) is 4.55. The molecule has 84 valence electrons. The van der Waals surface area contributed by atoms with E-state index in [2.05, 4.69) is 0 Å². The van der Waals surface area contributed by atoms with Gasteiger partial charge >= 0.3 is 0 Å². The van der Waals surface area contributed by atoms with E-state index in [1.807, 2.05) is 0 Å². The van der Waals surface area contributed by atoms with E-state index in [0.29, 0.717) is 12.5 Å². The van der Waals surface area contributed by atoms with Crippen molar-refractivity contribution in [2.24, 2.45) is 5.73 Å². The highest BCUT2D eigenvalue weighted by Gasteiger charge is 2.22. The number of phenolic OH excluding ortho intramolecular Hbond substituents is 1. The van der Waals surface area contributed by atoms with Gasteiger partial charge in [0.15, 0.2) is 23.2 Å². The van der Waals surface area contributed by atoms with E-state index in [0.717, 1.165) is 0 Å². The second-order valence-electron chi connectivity index (χ2n) is 3.40. The smallest absolute Gasteiger partial charge is 0.171 e. The minimum Gasteiger partial charge on any atom is -0.505 e. The fourth-order valence-electron chi connectivity index (χ4n) is 1.44. The average Bonchev–Trinajstić information content (AvgIpc) is 2.16. The molecule has 0 aromatic heterocycles. The topological polar surface area (TPSA) is 46.2 Å². The third kappa shape index (κ3) is 2.23. The Morgan fingerprint density at radius 1 is 1.33 bits per heavy atom. The maximum absolute atomic E-state index is 13.3. The second-order valence-corrected chi connectivity index (χ2v) is 3.40. The molecule has 0 fully saturated rings. The van der Waals surface area contributed by atoms with Gasteiger partial charge in [-0.2, -0.15) is 0 Å². The van der Waals surface area contributed by atoms with Crippen molar-refractivity contribution < 1.29 is 18.3 Å². The molecule has 1 aromatic rings. The lowest BCUT2D eigenvalue weighted by molar-refractivity contribution is 0.398. The predicted molar refractivity (Wildman–Crippen MR) is 50.1 cm³/mol. The van der Waals surface area contributed by atoms with Gasteiger partial charge in [0, 0.05) is 11.6 Å². The van der Waals surface area contributed by atoms with Crippen LogP contribution in [0.15, 0.2) is 6.07 Å². The molecule has 1 atom stereocenters. The Labute approximate surface area is 85.5 Å². The molecule has 1 unspecified atom stereocenters. The van der Waals surface area contributed by atoms with Crippen LogP contribution >= 0.6 is 0 Å². The minimum absolute atomic E-state index is 0.233. The molecule has 2 nitrogen and oxygen atoms in total. The number of rotatable bonds is 3. The Morgan fingerprint density at radius 3 is 2.47 bits per heavy atom. The highest BCUT2D eigenvalue weighted by atomic mass is 19.2. The van der Waals surface area contributed by atoms with Crippen LogP contribution in [0.1, 0.15) is 24.8 Å². The summed E-state index contributed by atoms with van der Waals surface area (Å²) in [7, 11) is 0. The first kappa shape index (κ1) is 11.8. The first-order chi connectivity index (χ1) is 6.99. The van der Waals surface area contributed by atoms with Gasteiger partial charge in [0.25, 0.3) is 0 Å². The lowest BCUT2D eigenvalue weighted by Crippen LogP contribution is -2.09. The zero-order valence-corrected chi connectivity index (χ0v) is 8.23. The molecule has 0 aliphatic rings. The van der Waals surface area contributed by atoms with Crippen LogP contribution in [0, 0.1) is 17.5 Å². The summed E-state index contributed by atoms with van der Waals surface area (Å²) in [5.41, 5.74) is 4.80. The quantitative estimate of drug-likeness (QED) is 0.766. The largest absolute Gasteiger partial charge is 0.505 e. The average molecular weight is 219 g/mol. The summed E-state index contributed by atoms with van der Waals surface area (Å²) in [6.45, 7) is 1.75. The Kier molecular flexibility index (Phi) is 3.57. The van der Waals surface area contributed by atoms with Crippen molar-refractivity contribution in [2.45, 2.75) is 19.3 Å². The molecule has 1 aromatic carbocycles. The van der Waals surface area contributed by atoms with Gasteiger partial charge < -0.3 is 10.8 Å². The predicted octanol–water partition coefficient (Wildman–Crippen LogP) is 2.26. The van der Waals surface area contributed by atoms with Crippen LogP contribution in [-0.4, -0.2) is 11.7 Å². The summed E-state index contributed by atoms with van der Waals surface area (Å²) in [5.74, 6) is -5.08. The number of phenols is 1. The van der Waals surface area contributed by atoms with Crippen LogP contribution in [-0.2, 0) is 0 Å². The SMILES string of the molecule is CC(CCN)c1c(F)c(O)cc(F)c1F. The molecule has 0 spiro atoms. The van der Waals surface area contributed by atoms with Crippen LogP contribution in [0.25, 0.3) is 0 Å². The second kappa shape index (κ2) is 4.53. The molecule has 0 amide bonds. The molecule has 0 aliphatic carbocycles. The number of hydrogen-bond acceptors (Lipinski definition) is 2. The summed E-state index contributed by atoms with van der Waals surface area (Å²) in [4.78, 5) is 0. The van der Waals surface area contributed by atoms with Gasteiger partial charge in [-0.05, 0) is 18.9 Å². The van der Waals surface area contributed by atoms with Gasteiger partial charge in [-0.1, -0.05) is 6.92 Å². The third-order valence-electron chi connectivity index (χ3n) is 2.26. The third-order valence-corrected chi connectivity index (χ3v) is 2.26. The lowest BCUT2D eigenvalue weighted by atomic mass is 9.96. The maximum Gasteiger partial charge on any atom is 0.171 e. The molecule has 0 saturated carbocycles. The van der Waals surface area contributed by atoms with Crippen LogP contribution in [0.3, 0.4) is 0 Å². The van der Waals surface area contributed by atoms with E-state index in [1.54, 1.807) is 0 Å². The van der Waals surface area contributed by atoms with Crippen molar-refractivity contribution in [3.05, 3.63) is 29.1 Å². The van der Waals surface area contributed by atoms with E-state index in [-0.39, 0.29) is 6.54 Å². The summed E-state index contributed by atoms with van der Waals surface area (Å²) in [6.07, 6.45) is 0.316. The Morgan fingerprint density at radius 2 is 1.93 bits per heavy atom. The van der Waals surface area contributed by atoms with Crippen LogP contribution in [0.5, 0.6) is 5.75 Å². The molecular formula is C10H12F3NO. The first-order valence-electron chi connectivity index (χ1n) is 4.55. The molecule has 0 bridgehead atoms. The van der Waals surface area contributed by atoms with Crippen molar-refractivity contribution in [3.8, 4) is 5.75 Å². The number of halogens is 3. The number of hydrogen-bond donors (Lipinski definition) is 2. The maximum atomic E-state index is 13.3. The molecule has 5 heteroatoms. The van der Waals surface area contributed by atoms with Crippen LogP contribution in [0.2, 0.25) is 0 Å². The summed E-state index contributed by atoms with van der Waals surface area (Å²) < 4.78 is 39.5. The van der Waals surface area contributed by atoms with Gasteiger partial charge in [-0.3, -0.25) is 0 Å². The minimum atomic E-state index is -1.26. The standard InChI is InChI=1S/C10H12F3NO/c1-5(2-3-14)8-9(12)6(11)4-7(15)10(8)13/h4-5,15H,2-3,14H2,1H3. The van der Waals surface area contributed by atoms with E-state index < -0.39 is 34.7 Å². The lowest BCUT2D eigenvalue weighted by Gasteiger charge is -2.13. The molecule has 0 heterocycles. The van der Waals surface area contributed by atoms with E-state index in [9.17, 15) is 13.2 Å². The Balaban J connectivity index is 3.26. The fourth-order valence-corrected chi connectivity index (χ4v) is 1.44. The molecule has 1 rings (SSSR count). The van der Waals surface area contributed by atoms with Crippen molar-refractivity contribution in [3.63, 3.8) is 0 Å². The van der Waals surface area contributed by atoms with Gasteiger partial charge in [-0.15, -0.1) is 0 Å². The van der Waals surface area contributed by atoms with Crippen LogP contribution < -0.4 is 5.73 Å².